The summed E-state index contributed by atoms with van der Waals surface area (Å²) in [5, 5.41) is 10.7. The number of carboxylic acid groups (broad SMARTS) is 1. The molecule has 0 amide bonds. The highest BCUT2D eigenvalue weighted by molar-refractivity contribution is 8.04. The summed E-state index contributed by atoms with van der Waals surface area (Å²) in [6.07, 6.45) is 0.463. The molecule has 1 rings (SSSR count). The summed E-state index contributed by atoms with van der Waals surface area (Å²) in [5.41, 5.74) is 6.77. The molecule has 1 atom stereocenters. The Morgan fingerprint density at radius 2 is 2.42 bits per heavy atom. The second-order valence-corrected chi connectivity index (χ2v) is 4.54. The number of thioether (sulfide) groups is 1. The first-order valence-corrected chi connectivity index (χ1v) is 4.73. The molecule has 0 saturated heterocycles. The molecule has 1 heterocycles. The third kappa shape index (κ3) is 1.64. The molecule has 0 aromatic heterocycles. The number of aliphatic carboxylic acids is 1. The maximum atomic E-state index is 10.7. The lowest BCUT2D eigenvalue weighted by Gasteiger charge is -2.17. The van der Waals surface area contributed by atoms with Gasteiger partial charge in [-0.05, 0) is 11.3 Å². The number of carboxylic acids is 1. The Labute approximate surface area is 76.0 Å². The maximum absolute atomic E-state index is 10.7. The zero-order valence-corrected chi connectivity index (χ0v) is 8.02. The molecule has 1 unspecified atom stereocenters. The molecular weight excluding hydrogens is 174 g/mol. The average molecular weight is 187 g/mol. The van der Waals surface area contributed by atoms with E-state index in [2.05, 4.69) is 0 Å². The summed E-state index contributed by atoms with van der Waals surface area (Å²) in [7, 11) is 0. The first-order valence-electron chi connectivity index (χ1n) is 3.85. The van der Waals surface area contributed by atoms with Crippen LogP contribution in [0.1, 0.15) is 20.3 Å². The SMILES string of the molecule is CC(C)C1=CSC(N)(C(=O)O)C1. The quantitative estimate of drug-likeness (QED) is 0.686. The van der Waals surface area contributed by atoms with E-state index in [-0.39, 0.29) is 0 Å². The van der Waals surface area contributed by atoms with Gasteiger partial charge in [-0.1, -0.05) is 31.2 Å². The minimum absolute atomic E-state index is 0.391. The van der Waals surface area contributed by atoms with Crippen LogP contribution < -0.4 is 5.73 Å². The topological polar surface area (TPSA) is 63.3 Å². The molecule has 0 radical (unpaired) electrons. The van der Waals surface area contributed by atoms with E-state index in [4.69, 9.17) is 10.8 Å². The van der Waals surface area contributed by atoms with Crippen LogP contribution in [0.4, 0.5) is 0 Å². The standard InChI is InChI=1S/C8H13NO2S/c1-5(2)6-3-8(9,7(10)11)12-4-6/h4-5H,3,9H2,1-2H3,(H,10,11). The molecule has 4 heteroatoms. The molecule has 1 aliphatic heterocycles. The zero-order chi connectivity index (χ0) is 9.35. The smallest absolute Gasteiger partial charge is 0.334 e. The van der Waals surface area contributed by atoms with E-state index in [9.17, 15) is 4.79 Å². The summed E-state index contributed by atoms with van der Waals surface area (Å²) >= 11 is 1.21. The predicted molar refractivity (Wildman–Crippen MR) is 49.7 cm³/mol. The third-order valence-corrected chi connectivity index (χ3v) is 3.15. The molecule has 0 aromatic rings. The van der Waals surface area contributed by atoms with E-state index in [0.29, 0.717) is 12.3 Å². The van der Waals surface area contributed by atoms with Crippen molar-refractivity contribution in [1.82, 2.24) is 0 Å². The zero-order valence-electron chi connectivity index (χ0n) is 7.20. The van der Waals surface area contributed by atoms with E-state index in [0.717, 1.165) is 5.57 Å². The van der Waals surface area contributed by atoms with Crippen LogP contribution in [0.15, 0.2) is 11.0 Å². The lowest BCUT2D eigenvalue weighted by atomic mass is 9.98. The van der Waals surface area contributed by atoms with E-state index >= 15 is 0 Å². The van der Waals surface area contributed by atoms with Crippen LogP contribution in [0.5, 0.6) is 0 Å². The van der Waals surface area contributed by atoms with E-state index < -0.39 is 10.8 Å². The Balaban J connectivity index is 2.68. The molecule has 0 aliphatic carbocycles. The predicted octanol–water partition coefficient (Wildman–Crippen LogP) is 1.40. The number of hydrogen-bond acceptors (Lipinski definition) is 3. The molecule has 0 aromatic carbocycles. The Hall–Kier alpha value is -0.480. The van der Waals surface area contributed by atoms with E-state index in [1.165, 1.54) is 11.8 Å². The third-order valence-electron chi connectivity index (χ3n) is 1.99. The van der Waals surface area contributed by atoms with Crippen LogP contribution in [-0.2, 0) is 4.79 Å². The van der Waals surface area contributed by atoms with Crippen molar-refractivity contribution in [3.63, 3.8) is 0 Å². The van der Waals surface area contributed by atoms with Gasteiger partial charge in [-0.25, -0.2) is 4.79 Å². The highest BCUT2D eigenvalue weighted by Crippen LogP contribution is 2.39. The first kappa shape index (κ1) is 9.61. The molecule has 68 valence electrons. The average Bonchev–Trinajstić information content (AvgIpc) is 2.33. The fourth-order valence-electron chi connectivity index (χ4n) is 1.03. The fraction of sp³-hybridized carbons (Fsp3) is 0.625. The van der Waals surface area contributed by atoms with Gasteiger partial charge in [0, 0.05) is 6.42 Å². The normalized spacial score (nSPS) is 29.2. The van der Waals surface area contributed by atoms with Crippen LogP contribution in [0.25, 0.3) is 0 Å². The highest BCUT2D eigenvalue weighted by atomic mass is 32.2. The lowest BCUT2D eigenvalue weighted by molar-refractivity contribution is -0.139. The van der Waals surface area contributed by atoms with Gasteiger partial charge in [-0.2, -0.15) is 0 Å². The summed E-state index contributed by atoms with van der Waals surface area (Å²) in [4.78, 5) is 9.60. The van der Waals surface area contributed by atoms with Crippen molar-refractivity contribution in [1.29, 1.82) is 0 Å². The molecule has 12 heavy (non-hydrogen) atoms. The molecule has 0 fully saturated rings. The Morgan fingerprint density at radius 1 is 1.83 bits per heavy atom. The molecular formula is C8H13NO2S. The lowest BCUT2D eigenvalue weighted by Crippen LogP contribution is -2.42. The van der Waals surface area contributed by atoms with Gasteiger partial charge in [0.2, 0.25) is 0 Å². The second-order valence-electron chi connectivity index (χ2n) is 3.34. The van der Waals surface area contributed by atoms with Crippen LogP contribution >= 0.6 is 11.8 Å². The van der Waals surface area contributed by atoms with Gasteiger partial charge in [-0.15, -0.1) is 0 Å². The van der Waals surface area contributed by atoms with Gasteiger partial charge in [0.05, 0.1) is 0 Å². The Bertz CT molecular complexity index is 237. The monoisotopic (exact) mass is 187 g/mol. The van der Waals surface area contributed by atoms with Crippen molar-refractivity contribution in [2.45, 2.75) is 25.1 Å². The van der Waals surface area contributed by atoms with Crippen LogP contribution in [0, 0.1) is 5.92 Å². The largest absolute Gasteiger partial charge is 0.479 e. The summed E-state index contributed by atoms with van der Waals surface area (Å²) < 4.78 is 0. The van der Waals surface area contributed by atoms with Crippen molar-refractivity contribution < 1.29 is 9.90 Å². The number of carbonyl (C=O) groups is 1. The van der Waals surface area contributed by atoms with Gasteiger partial charge in [-0.3, -0.25) is 0 Å². The highest BCUT2D eigenvalue weighted by Gasteiger charge is 2.39. The van der Waals surface area contributed by atoms with Crippen molar-refractivity contribution in [2.24, 2.45) is 11.7 Å². The van der Waals surface area contributed by atoms with Crippen molar-refractivity contribution in [3.8, 4) is 0 Å². The van der Waals surface area contributed by atoms with Gasteiger partial charge >= 0.3 is 5.97 Å². The van der Waals surface area contributed by atoms with Gasteiger partial charge < -0.3 is 10.8 Å². The summed E-state index contributed by atoms with van der Waals surface area (Å²) in [6, 6.07) is 0. The Kier molecular flexibility index (Phi) is 2.49. The molecule has 0 saturated carbocycles. The van der Waals surface area contributed by atoms with Gasteiger partial charge in [0.25, 0.3) is 0 Å². The minimum Gasteiger partial charge on any atom is -0.479 e. The first-order chi connectivity index (χ1) is 5.46. The number of rotatable bonds is 2. The minimum atomic E-state index is -1.11. The van der Waals surface area contributed by atoms with Gasteiger partial charge in [0.15, 0.2) is 4.87 Å². The summed E-state index contributed by atoms with van der Waals surface area (Å²) in [5.74, 6) is -0.540. The molecule has 3 N–H and O–H groups in total. The van der Waals surface area contributed by atoms with Crippen LogP contribution in [-0.4, -0.2) is 15.9 Å². The molecule has 0 bridgehead atoms. The molecule has 1 aliphatic rings. The molecule has 0 spiro atoms. The van der Waals surface area contributed by atoms with Crippen molar-refractivity contribution in [2.75, 3.05) is 0 Å². The summed E-state index contributed by atoms with van der Waals surface area (Å²) in [6.45, 7) is 4.08. The van der Waals surface area contributed by atoms with Crippen molar-refractivity contribution in [3.05, 3.63) is 11.0 Å². The molecule has 3 nitrogen and oxygen atoms in total. The van der Waals surface area contributed by atoms with E-state index in [1.807, 2.05) is 19.3 Å². The van der Waals surface area contributed by atoms with Crippen molar-refractivity contribution >= 4 is 17.7 Å². The Morgan fingerprint density at radius 3 is 2.67 bits per heavy atom. The number of nitrogens with two attached hydrogens (primary N) is 1. The maximum Gasteiger partial charge on any atom is 0.334 e. The van der Waals surface area contributed by atoms with Gasteiger partial charge in [0.1, 0.15) is 0 Å². The van der Waals surface area contributed by atoms with Crippen LogP contribution in [0.3, 0.4) is 0 Å². The van der Waals surface area contributed by atoms with E-state index in [1.54, 1.807) is 0 Å². The fourth-order valence-corrected chi connectivity index (χ4v) is 2.10. The number of hydrogen-bond donors (Lipinski definition) is 2. The second kappa shape index (κ2) is 3.11. The van der Waals surface area contributed by atoms with Crippen LogP contribution in [0.2, 0.25) is 0 Å².